The van der Waals surface area contributed by atoms with Crippen LogP contribution in [0.25, 0.3) is 0 Å². The van der Waals surface area contributed by atoms with Crippen LogP contribution >= 0.6 is 0 Å². The molecule has 1 N–H and O–H groups in total. The Labute approximate surface area is 144 Å². The second kappa shape index (κ2) is 6.19. The zero-order valence-corrected chi connectivity index (χ0v) is 15.3. The van der Waals surface area contributed by atoms with Crippen LogP contribution in [0.15, 0.2) is 12.1 Å². The van der Waals surface area contributed by atoms with Gasteiger partial charge in [-0.2, -0.15) is 0 Å². The zero-order chi connectivity index (χ0) is 17.5. The number of carbonyl (C=O) groups excluding carboxylic acids is 1. The summed E-state index contributed by atoms with van der Waals surface area (Å²) in [6, 6.07) is 4.35. The van der Waals surface area contributed by atoms with Gasteiger partial charge in [-0.25, -0.2) is 4.79 Å². The molecule has 2 heterocycles. The minimum atomic E-state index is -0.439. The number of anilines is 1. The lowest BCUT2D eigenvalue weighted by atomic mass is 9.86. The van der Waals surface area contributed by atoms with Gasteiger partial charge in [0, 0.05) is 13.1 Å². The van der Waals surface area contributed by atoms with E-state index in [2.05, 4.69) is 24.4 Å². The maximum absolute atomic E-state index is 12.2. The van der Waals surface area contributed by atoms with Gasteiger partial charge in [0.1, 0.15) is 11.4 Å². The van der Waals surface area contributed by atoms with Crippen molar-refractivity contribution in [2.24, 2.45) is 0 Å². The summed E-state index contributed by atoms with van der Waals surface area (Å²) in [5, 5.41) is 3.32. The molecule has 0 spiro atoms. The fraction of sp³-hybridized carbons (Fsp3) is 0.632. The average Bonchev–Trinajstić information content (AvgIpc) is 2.84. The van der Waals surface area contributed by atoms with E-state index in [-0.39, 0.29) is 12.3 Å². The van der Waals surface area contributed by atoms with Gasteiger partial charge in [0.05, 0.1) is 5.69 Å². The van der Waals surface area contributed by atoms with Crippen molar-refractivity contribution in [3.63, 3.8) is 0 Å². The van der Waals surface area contributed by atoms with Gasteiger partial charge in [0.25, 0.3) is 0 Å². The lowest BCUT2D eigenvalue weighted by molar-refractivity contribution is 0.0204. The zero-order valence-electron chi connectivity index (χ0n) is 15.3. The quantitative estimate of drug-likeness (QED) is 0.835. The molecule has 1 aromatic rings. The highest BCUT2D eigenvalue weighted by molar-refractivity contribution is 5.68. The molecule has 3 rings (SSSR count). The Morgan fingerprint density at radius 1 is 1.29 bits per heavy atom. The minimum Gasteiger partial charge on any atom is -0.469 e. The van der Waals surface area contributed by atoms with Crippen molar-refractivity contribution in [1.29, 1.82) is 0 Å². The maximum Gasteiger partial charge on any atom is 0.410 e. The first-order chi connectivity index (χ1) is 11.2. The van der Waals surface area contributed by atoms with E-state index in [4.69, 9.17) is 9.47 Å². The van der Waals surface area contributed by atoms with Crippen molar-refractivity contribution in [2.75, 3.05) is 18.4 Å². The van der Waals surface area contributed by atoms with E-state index in [0.717, 1.165) is 37.4 Å². The number of amides is 1. The molecular weight excluding hydrogens is 304 g/mol. The second-order valence-electron chi connectivity index (χ2n) is 7.85. The molecule has 1 amide bonds. The van der Waals surface area contributed by atoms with Crippen LogP contribution < -0.4 is 10.1 Å². The highest BCUT2D eigenvalue weighted by Crippen LogP contribution is 2.39. The molecular formula is C19H28N2O3. The average molecular weight is 332 g/mol. The molecule has 1 atom stereocenters. The van der Waals surface area contributed by atoms with Gasteiger partial charge < -0.3 is 19.7 Å². The lowest BCUT2D eigenvalue weighted by Crippen LogP contribution is -2.41. The number of likely N-dealkylation sites (tertiary alicyclic amines) is 1. The molecule has 5 nitrogen and oxygen atoms in total. The van der Waals surface area contributed by atoms with E-state index < -0.39 is 5.60 Å². The van der Waals surface area contributed by atoms with Gasteiger partial charge in [-0.05, 0) is 76.6 Å². The second-order valence-corrected chi connectivity index (χ2v) is 7.85. The summed E-state index contributed by atoms with van der Waals surface area (Å²) in [6.45, 7) is 11.4. The molecule has 5 heteroatoms. The van der Waals surface area contributed by atoms with Crippen LogP contribution in [-0.2, 0) is 4.74 Å². The fourth-order valence-electron chi connectivity index (χ4n) is 3.49. The standard InChI is InChI=1S/C19H28N2O3/c1-12-10-16-17(23-13(2)20-16)11-15(12)14-6-8-21(9-7-14)18(22)24-19(3,4)5/h10-11,13-14,20H,6-9H2,1-5H3. The van der Waals surface area contributed by atoms with E-state index in [1.54, 1.807) is 0 Å². The molecule has 0 bridgehead atoms. The van der Waals surface area contributed by atoms with E-state index in [1.165, 1.54) is 11.1 Å². The topological polar surface area (TPSA) is 50.8 Å². The molecule has 0 radical (unpaired) electrons. The Balaban J connectivity index is 1.65. The maximum atomic E-state index is 12.2. The molecule has 24 heavy (non-hydrogen) atoms. The summed E-state index contributed by atoms with van der Waals surface area (Å²) in [5.74, 6) is 1.41. The molecule has 132 valence electrons. The predicted molar refractivity (Wildman–Crippen MR) is 94.7 cm³/mol. The molecule has 1 unspecified atom stereocenters. The van der Waals surface area contributed by atoms with Crippen LogP contribution in [0.1, 0.15) is 57.6 Å². The molecule has 0 saturated carbocycles. The number of aryl methyl sites for hydroxylation is 1. The van der Waals surface area contributed by atoms with E-state index in [9.17, 15) is 4.79 Å². The fourth-order valence-corrected chi connectivity index (χ4v) is 3.49. The van der Waals surface area contributed by atoms with Gasteiger partial charge in [-0.3, -0.25) is 0 Å². The van der Waals surface area contributed by atoms with Gasteiger partial charge in [0.2, 0.25) is 0 Å². The van der Waals surface area contributed by atoms with Crippen molar-refractivity contribution in [3.8, 4) is 5.75 Å². The number of hydrogen-bond donors (Lipinski definition) is 1. The van der Waals surface area contributed by atoms with E-state index in [1.807, 2.05) is 32.6 Å². The summed E-state index contributed by atoms with van der Waals surface area (Å²) < 4.78 is 11.3. The normalized spacial score (nSPS) is 21.0. The Kier molecular flexibility index (Phi) is 4.37. The summed E-state index contributed by atoms with van der Waals surface area (Å²) in [7, 11) is 0. The van der Waals surface area contributed by atoms with Gasteiger partial charge in [-0.15, -0.1) is 0 Å². The van der Waals surface area contributed by atoms with E-state index >= 15 is 0 Å². The predicted octanol–water partition coefficient (Wildman–Crippen LogP) is 4.26. The Morgan fingerprint density at radius 3 is 2.58 bits per heavy atom. The third-order valence-corrected chi connectivity index (χ3v) is 4.62. The Hall–Kier alpha value is -1.91. The van der Waals surface area contributed by atoms with Crippen LogP contribution in [0.2, 0.25) is 0 Å². The number of carbonyl (C=O) groups is 1. The van der Waals surface area contributed by atoms with Gasteiger partial charge in [-0.1, -0.05) is 0 Å². The van der Waals surface area contributed by atoms with Crippen molar-refractivity contribution < 1.29 is 14.3 Å². The van der Waals surface area contributed by atoms with Crippen LogP contribution in [0.3, 0.4) is 0 Å². The molecule has 0 aromatic heterocycles. The number of nitrogens with zero attached hydrogens (tertiary/aromatic N) is 1. The summed E-state index contributed by atoms with van der Waals surface area (Å²) in [4.78, 5) is 14.0. The minimum absolute atomic E-state index is 0.0312. The number of hydrogen-bond acceptors (Lipinski definition) is 4. The smallest absolute Gasteiger partial charge is 0.410 e. The highest BCUT2D eigenvalue weighted by atomic mass is 16.6. The van der Waals surface area contributed by atoms with Crippen molar-refractivity contribution in [3.05, 3.63) is 23.3 Å². The van der Waals surface area contributed by atoms with E-state index in [0.29, 0.717) is 5.92 Å². The summed E-state index contributed by atoms with van der Waals surface area (Å²) >= 11 is 0. The summed E-state index contributed by atoms with van der Waals surface area (Å²) in [5.41, 5.74) is 3.27. The number of ether oxygens (including phenoxy) is 2. The van der Waals surface area contributed by atoms with Crippen LogP contribution in [0, 0.1) is 6.92 Å². The van der Waals surface area contributed by atoms with Crippen LogP contribution in [0.4, 0.5) is 10.5 Å². The summed E-state index contributed by atoms with van der Waals surface area (Å²) in [6.07, 6.45) is 1.75. The van der Waals surface area contributed by atoms with Gasteiger partial charge in [0.15, 0.2) is 6.23 Å². The van der Waals surface area contributed by atoms with Crippen molar-refractivity contribution >= 4 is 11.8 Å². The first-order valence-electron chi connectivity index (χ1n) is 8.78. The lowest BCUT2D eigenvalue weighted by Gasteiger charge is -2.34. The number of nitrogens with one attached hydrogen (secondary N) is 1. The Morgan fingerprint density at radius 2 is 1.96 bits per heavy atom. The van der Waals surface area contributed by atoms with Crippen LogP contribution in [-0.4, -0.2) is 35.9 Å². The first-order valence-corrected chi connectivity index (χ1v) is 8.78. The molecule has 1 aromatic carbocycles. The molecule has 1 fully saturated rings. The molecule has 2 aliphatic rings. The number of benzene rings is 1. The molecule has 1 saturated heterocycles. The van der Waals surface area contributed by atoms with Gasteiger partial charge >= 0.3 is 6.09 Å². The molecule has 2 aliphatic heterocycles. The number of fused-ring (bicyclic) bond motifs is 1. The third kappa shape index (κ3) is 3.60. The molecule has 0 aliphatic carbocycles. The highest BCUT2D eigenvalue weighted by Gasteiger charge is 2.29. The van der Waals surface area contributed by atoms with Crippen molar-refractivity contribution in [1.82, 2.24) is 4.90 Å². The number of rotatable bonds is 1. The largest absolute Gasteiger partial charge is 0.469 e. The third-order valence-electron chi connectivity index (χ3n) is 4.62. The number of piperidine rings is 1. The van der Waals surface area contributed by atoms with Crippen LogP contribution in [0.5, 0.6) is 5.75 Å². The SMILES string of the molecule is Cc1cc2c(cc1C1CCN(C(=O)OC(C)(C)C)CC1)OC(C)N2. The Bertz CT molecular complexity index is 628. The first kappa shape index (κ1) is 16.9. The monoisotopic (exact) mass is 332 g/mol. The van der Waals surface area contributed by atoms with Crippen molar-refractivity contribution in [2.45, 2.75) is 65.2 Å².